The summed E-state index contributed by atoms with van der Waals surface area (Å²) in [6, 6.07) is 13.3. The third-order valence-corrected chi connectivity index (χ3v) is 5.66. The van der Waals surface area contributed by atoms with Crippen LogP contribution in [-0.4, -0.2) is 54.5 Å². The number of rotatable bonds is 5. The van der Waals surface area contributed by atoms with Crippen LogP contribution < -0.4 is 10.6 Å². The Morgan fingerprint density at radius 2 is 1.72 bits per heavy atom. The average Bonchev–Trinajstić information content (AvgIpc) is 2.71. The molecule has 1 saturated heterocycles. The zero-order chi connectivity index (χ0) is 20.8. The van der Waals surface area contributed by atoms with Crippen molar-refractivity contribution in [3.05, 3.63) is 64.2 Å². The summed E-state index contributed by atoms with van der Waals surface area (Å²) in [5.74, 6) is -0.0321. The predicted octanol–water partition coefficient (Wildman–Crippen LogP) is 3.42. The van der Waals surface area contributed by atoms with Crippen LogP contribution in [-0.2, 0) is 11.3 Å². The van der Waals surface area contributed by atoms with E-state index in [2.05, 4.69) is 15.5 Å². The van der Waals surface area contributed by atoms with Crippen molar-refractivity contribution in [2.75, 3.05) is 38.0 Å². The molecule has 29 heavy (non-hydrogen) atoms. The number of urea groups is 1. The Bertz CT molecular complexity index is 879. The van der Waals surface area contributed by atoms with Crippen LogP contribution in [0.25, 0.3) is 0 Å². The highest BCUT2D eigenvalue weighted by Gasteiger charge is 2.22. The number of hydrogen-bond acceptors (Lipinski definition) is 3. The first-order chi connectivity index (χ1) is 13.9. The highest BCUT2D eigenvalue weighted by Crippen LogP contribution is 2.18. The molecule has 0 aliphatic carbocycles. The first-order valence-corrected chi connectivity index (χ1v) is 10.2. The van der Waals surface area contributed by atoms with E-state index in [1.807, 2.05) is 56.3 Å². The smallest absolute Gasteiger partial charge is 0.317 e. The van der Waals surface area contributed by atoms with E-state index >= 15 is 0 Å². The van der Waals surface area contributed by atoms with E-state index in [1.54, 1.807) is 4.90 Å². The Hall–Kier alpha value is -2.57. The molecular formula is C22H27ClN4O2. The zero-order valence-corrected chi connectivity index (χ0v) is 17.6. The second kappa shape index (κ2) is 9.76. The van der Waals surface area contributed by atoms with Crippen molar-refractivity contribution in [2.45, 2.75) is 20.4 Å². The lowest BCUT2D eigenvalue weighted by atomic mass is 10.1. The first-order valence-electron chi connectivity index (χ1n) is 9.78. The summed E-state index contributed by atoms with van der Waals surface area (Å²) in [5.41, 5.74) is 3.98. The van der Waals surface area contributed by atoms with E-state index in [0.717, 1.165) is 22.4 Å². The molecular weight excluding hydrogens is 388 g/mol. The van der Waals surface area contributed by atoms with E-state index in [9.17, 15) is 9.59 Å². The number of nitrogens with one attached hydrogen (secondary N) is 2. The molecule has 2 N–H and O–H groups in total. The van der Waals surface area contributed by atoms with Gasteiger partial charge in [-0.2, -0.15) is 0 Å². The number of amides is 3. The second-order valence-electron chi connectivity index (χ2n) is 7.31. The molecule has 2 aromatic carbocycles. The highest BCUT2D eigenvalue weighted by molar-refractivity contribution is 6.31. The molecule has 2 aromatic rings. The molecule has 1 fully saturated rings. The van der Waals surface area contributed by atoms with Crippen LogP contribution in [0, 0.1) is 13.8 Å². The van der Waals surface area contributed by atoms with Crippen molar-refractivity contribution in [3.8, 4) is 0 Å². The fraction of sp³-hybridized carbons (Fsp3) is 0.364. The van der Waals surface area contributed by atoms with Gasteiger partial charge in [-0.15, -0.1) is 0 Å². The molecule has 0 spiro atoms. The summed E-state index contributed by atoms with van der Waals surface area (Å²) in [6.07, 6.45) is 0. The van der Waals surface area contributed by atoms with Crippen LogP contribution in [0.4, 0.5) is 10.5 Å². The van der Waals surface area contributed by atoms with Gasteiger partial charge in [0.15, 0.2) is 0 Å². The maximum Gasteiger partial charge on any atom is 0.317 e. The summed E-state index contributed by atoms with van der Waals surface area (Å²) in [6.45, 7) is 7.26. The predicted molar refractivity (Wildman–Crippen MR) is 116 cm³/mol. The molecule has 0 unspecified atom stereocenters. The number of aryl methyl sites for hydroxylation is 1. The number of halogens is 1. The van der Waals surface area contributed by atoms with Crippen molar-refractivity contribution >= 4 is 29.2 Å². The van der Waals surface area contributed by atoms with E-state index in [0.29, 0.717) is 44.3 Å². The van der Waals surface area contributed by atoms with Gasteiger partial charge < -0.3 is 15.5 Å². The molecule has 154 valence electrons. The molecule has 0 radical (unpaired) electrons. The van der Waals surface area contributed by atoms with E-state index in [4.69, 9.17) is 11.6 Å². The van der Waals surface area contributed by atoms with Gasteiger partial charge >= 0.3 is 6.03 Å². The van der Waals surface area contributed by atoms with Crippen LogP contribution in [0.1, 0.15) is 16.7 Å². The fourth-order valence-corrected chi connectivity index (χ4v) is 3.52. The number of nitrogens with zero attached hydrogens (tertiary/aromatic N) is 2. The summed E-state index contributed by atoms with van der Waals surface area (Å²) in [7, 11) is 0. The lowest BCUT2D eigenvalue weighted by Gasteiger charge is -2.34. The van der Waals surface area contributed by atoms with Gasteiger partial charge in [0.05, 0.1) is 6.54 Å². The van der Waals surface area contributed by atoms with Crippen LogP contribution >= 0.6 is 11.6 Å². The van der Waals surface area contributed by atoms with E-state index in [-0.39, 0.29) is 11.9 Å². The largest absolute Gasteiger partial charge is 0.334 e. The lowest BCUT2D eigenvalue weighted by Crippen LogP contribution is -2.52. The number of carbonyl (C=O) groups is 2. The standard InChI is InChI=1S/C22H27ClN4O2/c1-16-6-5-9-20(17(16)2)25-21(28)15-26-10-12-27(13-11-26)22(29)24-14-18-7-3-4-8-19(18)23/h3-9H,10-15H2,1-2H3,(H,24,29)(H,25,28). The van der Waals surface area contributed by atoms with Crippen LogP contribution in [0.3, 0.4) is 0 Å². The zero-order valence-electron chi connectivity index (χ0n) is 16.9. The Labute approximate surface area is 176 Å². The number of carbonyl (C=O) groups excluding carboxylic acids is 2. The maximum atomic E-state index is 12.4. The van der Waals surface area contributed by atoms with Crippen molar-refractivity contribution < 1.29 is 9.59 Å². The Morgan fingerprint density at radius 3 is 2.45 bits per heavy atom. The first kappa shape index (κ1) is 21.1. The SMILES string of the molecule is Cc1cccc(NC(=O)CN2CCN(C(=O)NCc3ccccc3Cl)CC2)c1C. The summed E-state index contributed by atoms with van der Waals surface area (Å²) in [5, 5.41) is 6.55. The Kier molecular flexibility index (Phi) is 7.12. The van der Waals surface area contributed by atoms with E-state index < -0.39 is 0 Å². The van der Waals surface area contributed by atoms with Gasteiger partial charge in [-0.05, 0) is 42.7 Å². The summed E-state index contributed by atoms with van der Waals surface area (Å²) < 4.78 is 0. The highest BCUT2D eigenvalue weighted by atomic mass is 35.5. The summed E-state index contributed by atoms with van der Waals surface area (Å²) >= 11 is 6.13. The van der Waals surface area contributed by atoms with Crippen molar-refractivity contribution in [3.63, 3.8) is 0 Å². The average molecular weight is 415 g/mol. The van der Waals surface area contributed by atoms with Crippen LogP contribution in [0.5, 0.6) is 0 Å². The number of benzene rings is 2. The molecule has 3 amide bonds. The number of hydrogen-bond donors (Lipinski definition) is 2. The van der Waals surface area contributed by atoms with Crippen molar-refractivity contribution in [1.82, 2.24) is 15.1 Å². The minimum atomic E-state index is -0.107. The molecule has 3 rings (SSSR count). The van der Waals surface area contributed by atoms with Crippen LogP contribution in [0.15, 0.2) is 42.5 Å². The fourth-order valence-electron chi connectivity index (χ4n) is 3.31. The van der Waals surface area contributed by atoms with Gasteiger partial charge in [-0.1, -0.05) is 41.9 Å². The molecule has 0 atom stereocenters. The molecule has 7 heteroatoms. The van der Waals surface area contributed by atoms with Gasteiger partial charge in [-0.25, -0.2) is 4.79 Å². The summed E-state index contributed by atoms with van der Waals surface area (Å²) in [4.78, 5) is 28.6. The second-order valence-corrected chi connectivity index (χ2v) is 7.72. The maximum absolute atomic E-state index is 12.4. The minimum absolute atomic E-state index is 0.0321. The van der Waals surface area contributed by atoms with Gasteiger partial charge in [-0.3, -0.25) is 9.69 Å². The van der Waals surface area contributed by atoms with Gasteiger partial charge in [0.25, 0.3) is 0 Å². The van der Waals surface area contributed by atoms with Gasteiger partial charge in [0, 0.05) is 43.4 Å². The quantitative estimate of drug-likeness (QED) is 0.787. The van der Waals surface area contributed by atoms with Crippen LogP contribution in [0.2, 0.25) is 5.02 Å². The molecule has 6 nitrogen and oxygen atoms in total. The topological polar surface area (TPSA) is 64.7 Å². The van der Waals surface area contributed by atoms with Gasteiger partial charge in [0.1, 0.15) is 0 Å². The molecule has 1 aliphatic rings. The number of anilines is 1. The lowest BCUT2D eigenvalue weighted by molar-refractivity contribution is -0.117. The van der Waals surface area contributed by atoms with Gasteiger partial charge in [0.2, 0.25) is 5.91 Å². The number of piperazine rings is 1. The molecule has 1 aliphatic heterocycles. The van der Waals surface area contributed by atoms with Crippen molar-refractivity contribution in [1.29, 1.82) is 0 Å². The molecule has 1 heterocycles. The molecule has 0 saturated carbocycles. The van der Waals surface area contributed by atoms with E-state index in [1.165, 1.54) is 0 Å². The normalized spacial score (nSPS) is 14.5. The monoisotopic (exact) mass is 414 g/mol. The minimum Gasteiger partial charge on any atom is -0.334 e. The third-order valence-electron chi connectivity index (χ3n) is 5.29. The third kappa shape index (κ3) is 5.71. The Morgan fingerprint density at radius 1 is 1.00 bits per heavy atom. The molecule has 0 aromatic heterocycles. The Balaban J connectivity index is 1.43. The van der Waals surface area contributed by atoms with Crippen molar-refractivity contribution in [2.24, 2.45) is 0 Å². The molecule has 0 bridgehead atoms.